The molecular weight excluding hydrogens is 248 g/mol. The fourth-order valence-electron chi connectivity index (χ4n) is 3.41. The van der Waals surface area contributed by atoms with E-state index in [0.29, 0.717) is 12.1 Å². The van der Waals surface area contributed by atoms with Crippen molar-refractivity contribution >= 4 is 5.91 Å². The summed E-state index contributed by atoms with van der Waals surface area (Å²) < 4.78 is 0. The lowest BCUT2D eigenvalue weighted by molar-refractivity contribution is 0.0925. The largest absolute Gasteiger partial charge is 0.349 e. The highest BCUT2D eigenvalue weighted by Crippen LogP contribution is 2.22. The number of hydrogen-bond acceptors (Lipinski definition) is 2. The summed E-state index contributed by atoms with van der Waals surface area (Å²) in [5.41, 5.74) is 3.64. The average molecular weight is 272 g/mol. The first-order valence-electron chi connectivity index (χ1n) is 7.88. The molecule has 0 radical (unpaired) electrons. The molecule has 2 N–H and O–H groups in total. The molecule has 3 rings (SSSR count). The summed E-state index contributed by atoms with van der Waals surface area (Å²) in [5.74, 6) is 0.0949. The Morgan fingerprint density at radius 3 is 2.85 bits per heavy atom. The molecule has 3 heteroatoms. The minimum Gasteiger partial charge on any atom is -0.349 e. The zero-order valence-electron chi connectivity index (χ0n) is 12.2. The Balaban J connectivity index is 1.67. The summed E-state index contributed by atoms with van der Waals surface area (Å²) in [6.07, 6.45) is 6.89. The summed E-state index contributed by atoms with van der Waals surface area (Å²) in [6.45, 7) is 3.17. The Hall–Kier alpha value is -1.35. The van der Waals surface area contributed by atoms with Gasteiger partial charge >= 0.3 is 0 Å². The number of benzene rings is 1. The van der Waals surface area contributed by atoms with E-state index in [0.717, 1.165) is 31.4 Å². The van der Waals surface area contributed by atoms with Crippen LogP contribution in [0.2, 0.25) is 0 Å². The van der Waals surface area contributed by atoms with Crippen molar-refractivity contribution in [2.45, 2.75) is 57.5 Å². The van der Waals surface area contributed by atoms with Crippen molar-refractivity contribution in [2.24, 2.45) is 0 Å². The molecule has 1 saturated heterocycles. The standard InChI is InChI=1S/C17H24N2O/c1-12-10-16(8-9-18-12)19-17(20)15-7-6-13-4-2-3-5-14(13)11-15/h6-7,11-12,16,18H,2-5,8-10H2,1H3,(H,19,20). The van der Waals surface area contributed by atoms with E-state index in [1.165, 1.54) is 30.4 Å². The average Bonchev–Trinajstić information content (AvgIpc) is 2.47. The zero-order valence-corrected chi connectivity index (χ0v) is 12.2. The second-order valence-corrected chi connectivity index (χ2v) is 6.24. The van der Waals surface area contributed by atoms with Crippen LogP contribution >= 0.6 is 0 Å². The lowest BCUT2D eigenvalue weighted by atomic mass is 9.90. The second kappa shape index (κ2) is 5.96. The molecule has 1 aromatic rings. The van der Waals surface area contributed by atoms with Gasteiger partial charge in [0.2, 0.25) is 0 Å². The van der Waals surface area contributed by atoms with E-state index in [2.05, 4.69) is 29.7 Å². The SMILES string of the molecule is CC1CC(NC(=O)c2ccc3c(c2)CCCC3)CCN1. The number of piperidine rings is 1. The molecule has 1 aliphatic heterocycles. The summed E-state index contributed by atoms with van der Waals surface area (Å²) in [5, 5.41) is 6.61. The van der Waals surface area contributed by atoms with Gasteiger partial charge in [0.05, 0.1) is 0 Å². The van der Waals surface area contributed by atoms with Crippen LogP contribution in [-0.4, -0.2) is 24.5 Å². The van der Waals surface area contributed by atoms with Crippen molar-refractivity contribution in [3.8, 4) is 0 Å². The number of amides is 1. The van der Waals surface area contributed by atoms with Crippen LogP contribution in [0.3, 0.4) is 0 Å². The van der Waals surface area contributed by atoms with Gasteiger partial charge in [0, 0.05) is 17.6 Å². The highest BCUT2D eigenvalue weighted by molar-refractivity contribution is 5.94. The van der Waals surface area contributed by atoms with Gasteiger partial charge in [-0.05, 0) is 75.3 Å². The van der Waals surface area contributed by atoms with E-state index in [9.17, 15) is 4.79 Å². The maximum atomic E-state index is 12.4. The normalized spacial score (nSPS) is 25.9. The number of carbonyl (C=O) groups is 1. The Morgan fingerprint density at radius 1 is 1.25 bits per heavy atom. The van der Waals surface area contributed by atoms with Crippen LogP contribution in [0.25, 0.3) is 0 Å². The van der Waals surface area contributed by atoms with Crippen LogP contribution < -0.4 is 10.6 Å². The molecule has 1 amide bonds. The van der Waals surface area contributed by atoms with Gasteiger partial charge < -0.3 is 10.6 Å². The first-order valence-corrected chi connectivity index (χ1v) is 7.88. The lowest BCUT2D eigenvalue weighted by Gasteiger charge is -2.28. The Morgan fingerprint density at radius 2 is 2.05 bits per heavy atom. The van der Waals surface area contributed by atoms with Crippen molar-refractivity contribution in [3.63, 3.8) is 0 Å². The molecule has 1 heterocycles. The molecule has 0 saturated carbocycles. The van der Waals surface area contributed by atoms with E-state index in [1.807, 2.05) is 6.07 Å². The van der Waals surface area contributed by atoms with E-state index in [1.54, 1.807) is 0 Å². The van der Waals surface area contributed by atoms with Crippen LogP contribution in [0.5, 0.6) is 0 Å². The third kappa shape index (κ3) is 3.04. The minimum atomic E-state index is 0.0949. The molecule has 0 aromatic heterocycles. The predicted molar refractivity (Wildman–Crippen MR) is 81.0 cm³/mol. The van der Waals surface area contributed by atoms with Crippen molar-refractivity contribution in [3.05, 3.63) is 34.9 Å². The molecule has 1 fully saturated rings. The third-order valence-electron chi connectivity index (χ3n) is 4.57. The monoisotopic (exact) mass is 272 g/mol. The molecule has 2 unspecified atom stereocenters. The Bertz CT molecular complexity index is 498. The molecule has 1 aromatic carbocycles. The van der Waals surface area contributed by atoms with Gasteiger partial charge in [-0.15, -0.1) is 0 Å². The fourth-order valence-corrected chi connectivity index (χ4v) is 3.41. The molecule has 0 spiro atoms. The molecule has 1 aliphatic carbocycles. The van der Waals surface area contributed by atoms with E-state index in [4.69, 9.17) is 0 Å². The third-order valence-corrected chi connectivity index (χ3v) is 4.57. The molecule has 2 aliphatic rings. The van der Waals surface area contributed by atoms with Crippen LogP contribution in [-0.2, 0) is 12.8 Å². The summed E-state index contributed by atoms with van der Waals surface area (Å²) in [6, 6.07) is 7.06. The van der Waals surface area contributed by atoms with Crippen molar-refractivity contribution in [1.29, 1.82) is 0 Å². The van der Waals surface area contributed by atoms with Crippen LogP contribution in [0.15, 0.2) is 18.2 Å². The van der Waals surface area contributed by atoms with E-state index < -0.39 is 0 Å². The molecular formula is C17H24N2O. The first-order chi connectivity index (χ1) is 9.72. The Labute approximate surface area is 121 Å². The predicted octanol–water partition coefficient (Wildman–Crippen LogP) is 2.44. The number of hydrogen-bond donors (Lipinski definition) is 2. The van der Waals surface area contributed by atoms with Gasteiger partial charge in [0.1, 0.15) is 0 Å². The second-order valence-electron chi connectivity index (χ2n) is 6.24. The molecule has 20 heavy (non-hydrogen) atoms. The van der Waals surface area contributed by atoms with E-state index in [-0.39, 0.29) is 5.91 Å². The number of aryl methyl sites for hydroxylation is 2. The first kappa shape index (κ1) is 13.6. The smallest absolute Gasteiger partial charge is 0.251 e. The molecule has 3 nitrogen and oxygen atoms in total. The van der Waals surface area contributed by atoms with E-state index >= 15 is 0 Å². The van der Waals surface area contributed by atoms with Crippen molar-refractivity contribution < 1.29 is 4.79 Å². The van der Waals surface area contributed by atoms with Gasteiger partial charge in [-0.3, -0.25) is 4.79 Å². The topological polar surface area (TPSA) is 41.1 Å². The maximum Gasteiger partial charge on any atom is 0.251 e. The van der Waals surface area contributed by atoms with Gasteiger partial charge in [-0.2, -0.15) is 0 Å². The summed E-state index contributed by atoms with van der Waals surface area (Å²) in [7, 11) is 0. The van der Waals surface area contributed by atoms with Gasteiger partial charge in [-0.25, -0.2) is 0 Å². The zero-order chi connectivity index (χ0) is 13.9. The number of fused-ring (bicyclic) bond motifs is 1. The lowest BCUT2D eigenvalue weighted by Crippen LogP contribution is -2.46. The van der Waals surface area contributed by atoms with Gasteiger partial charge in [-0.1, -0.05) is 6.07 Å². The summed E-state index contributed by atoms with van der Waals surface area (Å²) >= 11 is 0. The van der Waals surface area contributed by atoms with Crippen LogP contribution in [0, 0.1) is 0 Å². The fraction of sp³-hybridized carbons (Fsp3) is 0.588. The van der Waals surface area contributed by atoms with Crippen molar-refractivity contribution in [1.82, 2.24) is 10.6 Å². The Kier molecular flexibility index (Phi) is 4.06. The quantitative estimate of drug-likeness (QED) is 0.868. The highest BCUT2D eigenvalue weighted by atomic mass is 16.1. The number of rotatable bonds is 2. The van der Waals surface area contributed by atoms with Gasteiger partial charge in [0.25, 0.3) is 5.91 Å². The van der Waals surface area contributed by atoms with Crippen LogP contribution in [0.1, 0.15) is 54.1 Å². The van der Waals surface area contributed by atoms with Crippen molar-refractivity contribution in [2.75, 3.05) is 6.54 Å². The van der Waals surface area contributed by atoms with Crippen LogP contribution in [0.4, 0.5) is 0 Å². The molecule has 2 atom stereocenters. The molecule has 108 valence electrons. The highest BCUT2D eigenvalue weighted by Gasteiger charge is 2.21. The summed E-state index contributed by atoms with van der Waals surface area (Å²) in [4.78, 5) is 12.4. The number of carbonyl (C=O) groups excluding carboxylic acids is 1. The maximum absolute atomic E-state index is 12.4. The van der Waals surface area contributed by atoms with Gasteiger partial charge in [0.15, 0.2) is 0 Å². The minimum absolute atomic E-state index is 0.0949. The number of nitrogens with one attached hydrogen (secondary N) is 2. The molecule has 0 bridgehead atoms.